The number of rotatable bonds is 2. The number of nitriles is 1. The molecule has 1 aliphatic heterocycles. The molecule has 3 atom stereocenters. The highest BCUT2D eigenvalue weighted by atomic mass is 16.3. The number of nitrogens with zero attached hydrogens (tertiary/aromatic N) is 2. The maximum Gasteiger partial charge on any atom is 0.0992 e. The number of hydrogen-bond acceptors (Lipinski definition) is 3. The average Bonchev–Trinajstić information content (AvgIpc) is 2.41. The van der Waals surface area contributed by atoms with Gasteiger partial charge in [0.05, 0.1) is 17.7 Å². The molecule has 2 rings (SSSR count). The smallest absolute Gasteiger partial charge is 0.0992 e. The minimum absolute atomic E-state index is 0.445. The molecule has 0 radical (unpaired) electrons. The maximum absolute atomic E-state index is 9.94. The Kier molecular flexibility index (Phi) is 4.11. The molecule has 2 unspecified atom stereocenters. The van der Waals surface area contributed by atoms with E-state index >= 15 is 0 Å². The third-order valence-electron chi connectivity index (χ3n) is 4.29. The SMILES string of the molecule is CC1CCCN(c2cc(C#N)ccc2[C@@H](C)O)C1C. The van der Waals surface area contributed by atoms with Gasteiger partial charge < -0.3 is 10.0 Å². The lowest BCUT2D eigenvalue weighted by molar-refractivity contribution is 0.199. The second-order valence-electron chi connectivity index (χ2n) is 5.61. The molecule has 0 spiro atoms. The van der Waals surface area contributed by atoms with E-state index in [1.54, 1.807) is 13.0 Å². The van der Waals surface area contributed by atoms with Crippen LogP contribution in [0.3, 0.4) is 0 Å². The summed E-state index contributed by atoms with van der Waals surface area (Å²) in [5.41, 5.74) is 2.60. The van der Waals surface area contributed by atoms with E-state index in [2.05, 4.69) is 24.8 Å². The highest BCUT2D eigenvalue weighted by Gasteiger charge is 2.27. The Morgan fingerprint density at radius 2 is 2.16 bits per heavy atom. The van der Waals surface area contributed by atoms with Gasteiger partial charge in [0.2, 0.25) is 0 Å². The summed E-state index contributed by atoms with van der Waals surface area (Å²) in [5, 5.41) is 19.0. The van der Waals surface area contributed by atoms with Crippen LogP contribution < -0.4 is 4.90 Å². The van der Waals surface area contributed by atoms with Gasteiger partial charge in [-0.15, -0.1) is 0 Å². The summed E-state index contributed by atoms with van der Waals surface area (Å²) in [6.45, 7) is 7.28. The molecule has 3 heteroatoms. The van der Waals surface area contributed by atoms with Crippen molar-refractivity contribution in [2.45, 2.75) is 45.8 Å². The van der Waals surface area contributed by atoms with Gasteiger partial charge in [0.1, 0.15) is 0 Å². The van der Waals surface area contributed by atoms with Crippen LogP contribution in [-0.2, 0) is 0 Å². The van der Waals surface area contributed by atoms with Gasteiger partial charge >= 0.3 is 0 Å². The normalized spacial score (nSPS) is 24.9. The number of piperidine rings is 1. The van der Waals surface area contributed by atoms with Gasteiger partial charge in [-0.25, -0.2) is 0 Å². The van der Waals surface area contributed by atoms with Crippen molar-refractivity contribution in [2.24, 2.45) is 5.92 Å². The van der Waals surface area contributed by atoms with E-state index in [0.717, 1.165) is 17.8 Å². The highest BCUT2D eigenvalue weighted by molar-refractivity contribution is 5.59. The molecule has 1 heterocycles. The monoisotopic (exact) mass is 258 g/mol. The summed E-state index contributed by atoms with van der Waals surface area (Å²) >= 11 is 0. The fourth-order valence-corrected chi connectivity index (χ4v) is 2.89. The Morgan fingerprint density at radius 3 is 2.79 bits per heavy atom. The van der Waals surface area contributed by atoms with Crippen molar-refractivity contribution in [1.29, 1.82) is 5.26 Å². The van der Waals surface area contributed by atoms with Crippen molar-refractivity contribution >= 4 is 5.69 Å². The van der Waals surface area contributed by atoms with E-state index in [4.69, 9.17) is 5.26 Å². The van der Waals surface area contributed by atoms with Crippen molar-refractivity contribution < 1.29 is 5.11 Å². The summed E-state index contributed by atoms with van der Waals surface area (Å²) in [6, 6.07) is 8.21. The van der Waals surface area contributed by atoms with Crippen LogP contribution in [0.2, 0.25) is 0 Å². The van der Waals surface area contributed by atoms with Crippen molar-refractivity contribution in [2.75, 3.05) is 11.4 Å². The number of benzene rings is 1. The molecule has 3 nitrogen and oxygen atoms in total. The van der Waals surface area contributed by atoms with Crippen LogP contribution in [-0.4, -0.2) is 17.7 Å². The van der Waals surface area contributed by atoms with Gasteiger partial charge in [-0.2, -0.15) is 5.26 Å². The minimum Gasteiger partial charge on any atom is -0.389 e. The Bertz CT molecular complexity index is 490. The first kappa shape index (κ1) is 13.9. The molecule has 0 aromatic heterocycles. The van der Waals surface area contributed by atoms with Crippen LogP contribution >= 0.6 is 0 Å². The van der Waals surface area contributed by atoms with Gasteiger partial charge in [0.15, 0.2) is 0 Å². The molecule has 102 valence electrons. The first-order valence-electron chi connectivity index (χ1n) is 7.03. The van der Waals surface area contributed by atoms with E-state index in [0.29, 0.717) is 17.5 Å². The van der Waals surface area contributed by atoms with Crippen LogP contribution in [0.15, 0.2) is 18.2 Å². The zero-order valence-corrected chi connectivity index (χ0v) is 11.9. The molecule has 1 N–H and O–H groups in total. The minimum atomic E-state index is -0.507. The number of aliphatic hydroxyl groups is 1. The van der Waals surface area contributed by atoms with Crippen molar-refractivity contribution in [3.8, 4) is 6.07 Å². The summed E-state index contributed by atoms with van der Waals surface area (Å²) in [4.78, 5) is 2.34. The van der Waals surface area contributed by atoms with Crippen molar-refractivity contribution in [3.05, 3.63) is 29.3 Å². The highest BCUT2D eigenvalue weighted by Crippen LogP contribution is 2.34. The first-order chi connectivity index (χ1) is 9.04. The number of aliphatic hydroxyl groups excluding tert-OH is 1. The standard InChI is InChI=1S/C16H22N2O/c1-11-5-4-8-18(12(11)2)16-9-14(10-17)6-7-15(16)13(3)19/h6-7,9,11-13,19H,4-5,8H2,1-3H3/t11?,12?,13-/m1/s1. The van der Waals surface area contributed by atoms with E-state index in [1.807, 2.05) is 12.1 Å². The zero-order chi connectivity index (χ0) is 14.0. The molecule has 0 saturated carbocycles. The second kappa shape index (κ2) is 5.63. The molecule has 0 bridgehead atoms. The quantitative estimate of drug-likeness (QED) is 0.886. The lowest BCUT2D eigenvalue weighted by Gasteiger charge is -2.41. The molecule has 19 heavy (non-hydrogen) atoms. The van der Waals surface area contributed by atoms with Crippen LogP contribution in [0.5, 0.6) is 0 Å². The summed E-state index contributed by atoms with van der Waals surface area (Å²) in [7, 11) is 0. The summed E-state index contributed by atoms with van der Waals surface area (Å²) in [5.74, 6) is 0.640. The van der Waals surface area contributed by atoms with Crippen LogP contribution in [0.25, 0.3) is 0 Å². The van der Waals surface area contributed by atoms with Crippen LogP contribution in [0.1, 0.15) is 50.8 Å². The lowest BCUT2D eigenvalue weighted by atomic mass is 9.90. The average molecular weight is 258 g/mol. The third-order valence-corrected chi connectivity index (χ3v) is 4.29. The van der Waals surface area contributed by atoms with E-state index in [1.165, 1.54) is 12.8 Å². The Balaban J connectivity index is 2.44. The van der Waals surface area contributed by atoms with Gasteiger partial charge in [0, 0.05) is 23.8 Å². The predicted octanol–water partition coefficient (Wildman–Crippen LogP) is 3.24. The van der Waals surface area contributed by atoms with Gasteiger partial charge in [-0.1, -0.05) is 13.0 Å². The van der Waals surface area contributed by atoms with Crippen molar-refractivity contribution in [3.63, 3.8) is 0 Å². The third kappa shape index (κ3) is 2.74. The Morgan fingerprint density at radius 1 is 1.42 bits per heavy atom. The fraction of sp³-hybridized carbons (Fsp3) is 0.562. The number of hydrogen-bond donors (Lipinski definition) is 1. The molecule has 1 aliphatic rings. The van der Waals surface area contributed by atoms with Gasteiger partial charge in [-0.3, -0.25) is 0 Å². The molecular formula is C16H22N2O. The number of anilines is 1. The zero-order valence-electron chi connectivity index (χ0n) is 11.9. The van der Waals surface area contributed by atoms with Gasteiger partial charge in [-0.05, 0) is 44.7 Å². The molecule has 0 aliphatic carbocycles. The molecule has 0 amide bonds. The van der Waals surface area contributed by atoms with Crippen LogP contribution in [0.4, 0.5) is 5.69 Å². The molecule has 1 aromatic rings. The van der Waals surface area contributed by atoms with E-state index in [9.17, 15) is 5.11 Å². The van der Waals surface area contributed by atoms with Gasteiger partial charge in [0.25, 0.3) is 0 Å². The first-order valence-corrected chi connectivity index (χ1v) is 7.03. The molecular weight excluding hydrogens is 236 g/mol. The second-order valence-corrected chi connectivity index (χ2v) is 5.61. The maximum atomic E-state index is 9.94. The topological polar surface area (TPSA) is 47.3 Å². The predicted molar refractivity (Wildman–Crippen MR) is 77.0 cm³/mol. The van der Waals surface area contributed by atoms with Crippen LogP contribution in [0, 0.1) is 17.2 Å². The molecule has 1 saturated heterocycles. The van der Waals surface area contributed by atoms with E-state index < -0.39 is 6.10 Å². The van der Waals surface area contributed by atoms with E-state index in [-0.39, 0.29) is 0 Å². The molecule has 1 fully saturated rings. The Labute approximate surface area is 115 Å². The Hall–Kier alpha value is -1.53. The van der Waals surface area contributed by atoms with Crippen molar-refractivity contribution in [1.82, 2.24) is 0 Å². The summed E-state index contributed by atoms with van der Waals surface area (Å²) in [6.07, 6.45) is 1.91. The lowest BCUT2D eigenvalue weighted by Crippen LogP contribution is -2.43. The summed E-state index contributed by atoms with van der Waals surface area (Å²) < 4.78 is 0. The molecule has 1 aromatic carbocycles. The largest absolute Gasteiger partial charge is 0.389 e. The fourth-order valence-electron chi connectivity index (χ4n) is 2.89.